The number of aliphatic hydroxyl groups excluding tert-OH is 1. The van der Waals surface area contributed by atoms with Crippen molar-refractivity contribution in [3.05, 3.63) is 10.2 Å². The predicted molar refractivity (Wildman–Crippen MR) is 74.9 cm³/mol. The highest BCUT2D eigenvalue weighted by Crippen LogP contribution is 2.29. The first-order chi connectivity index (χ1) is 9.67. The second-order valence-corrected chi connectivity index (χ2v) is 5.14. The van der Waals surface area contributed by atoms with Gasteiger partial charge in [-0.15, -0.1) is 0 Å². The van der Waals surface area contributed by atoms with Crippen LogP contribution in [-0.4, -0.2) is 53.3 Å². The summed E-state index contributed by atoms with van der Waals surface area (Å²) in [5.41, 5.74) is 0.328. The Morgan fingerprint density at radius 2 is 2.50 bits per heavy atom. The van der Waals surface area contributed by atoms with E-state index in [-0.39, 0.29) is 12.6 Å². The molecular formula is C12H18BrN3O4. The van der Waals surface area contributed by atoms with Gasteiger partial charge in [-0.2, -0.15) is 5.10 Å². The number of esters is 1. The van der Waals surface area contributed by atoms with Gasteiger partial charge < -0.3 is 19.9 Å². The molecule has 2 rings (SSSR count). The summed E-state index contributed by atoms with van der Waals surface area (Å²) in [6.07, 6.45) is 0.809. The third-order valence-electron chi connectivity index (χ3n) is 3.00. The molecule has 0 fully saturated rings. The van der Waals surface area contributed by atoms with Crippen molar-refractivity contribution in [1.29, 1.82) is 0 Å². The van der Waals surface area contributed by atoms with E-state index in [9.17, 15) is 4.79 Å². The molecule has 0 spiro atoms. The van der Waals surface area contributed by atoms with Crippen LogP contribution in [-0.2, 0) is 11.3 Å². The Labute approximate surface area is 125 Å². The van der Waals surface area contributed by atoms with Crippen molar-refractivity contribution < 1.29 is 19.4 Å². The van der Waals surface area contributed by atoms with Crippen LogP contribution in [0.4, 0.5) is 0 Å². The van der Waals surface area contributed by atoms with Crippen LogP contribution in [0.15, 0.2) is 4.60 Å². The minimum absolute atomic E-state index is 0.0840. The quantitative estimate of drug-likeness (QED) is 0.757. The Morgan fingerprint density at radius 1 is 1.70 bits per heavy atom. The van der Waals surface area contributed by atoms with E-state index in [0.717, 1.165) is 6.42 Å². The van der Waals surface area contributed by atoms with E-state index in [1.807, 2.05) is 0 Å². The molecule has 1 aromatic rings. The topological polar surface area (TPSA) is 85.6 Å². The molecule has 1 atom stereocenters. The molecule has 7 nitrogen and oxygen atoms in total. The van der Waals surface area contributed by atoms with Crippen molar-refractivity contribution in [2.75, 3.05) is 26.4 Å². The van der Waals surface area contributed by atoms with E-state index in [2.05, 4.69) is 26.3 Å². The molecule has 0 saturated carbocycles. The van der Waals surface area contributed by atoms with E-state index in [1.165, 1.54) is 0 Å². The summed E-state index contributed by atoms with van der Waals surface area (Å²) in [4.78, 5) is 11.9. The third kappa shape index (κ3) is 3.31. The molecule has 0 bridgehead atoms. The Morgan fingerprint density at radius 3 is 3.20 bits per heavy atom. The smallest absolute Gasteiger partial charge is 0.346 e. The monoisotopic (exact) mass is 347 g/mol. The molecule has 1 aliphatic rings. The first-order valence-electron chi connectivity index (χ1n) is 6.57. The molecule has 2 N–H and O–H groups in total. The van der Waals surface area contributed by atoms with E-state index < -0.39 is 5.97 Å². The largest absolute Gasteiger partial charge is 0.476 e. The van der Waals surface area contributed by atoms with Crippen LogP contribution in [0, 0.1) is 0 Å². The highest BCUT2D eigenvalue weighted by molar-refractivity contribution is 9.10. The van der Waals surface area contributed by atoms with E-state index in [0.29, 0.717) is 42.3 Å². The third-order valence-corrected chi connectivity index (χ3v) is 3.55. The molecule has 8 heteroatoms. The fourth-order valence-electron chi connectivity index (χ4n) is 2.06. The number of rotatable bonds is 5. The zero-order chi connectivity index (χ0) is 14.5. The molecule has 0 aliphatic carbocycles. The summed E-state index contributed by atoms with van der Waals surface area (Å²) in [6, 6.07) is 0.123. The lowest BCUT2D eigenvalue weighted by molar-refractivity contribution is 0.0520. The van der Waals surface area contributed by atoms with Crippen LogP contribution >= 0.6 is 15.9 Å². The lowest BCUT2D eigenvalue weighted by atomic mass is 10.2. The molecule has 0 amide bonds. The Bertz CT molecular complexity index is 478. The number of ether oxygens (including phenoxy) is 2. The maximum atomic E-state index is 11.9. The number of aromatic nitrogens is 2. The minimum atomic E-state index is -0.442. The van der Waals surface area contributed by atoms with E-state index in [1.54, 1.807) is 11.6 Å². The van der Waals surface area contributed by atoms with Gasteiger partial charge in [0.2, 0.25) is 5.88 Å². The van der Waals surface area contributed by atoms with E-state index >= 15 is 0 Å². The lowest BCUT2D eigenvalue weighted by Gasteiger charge is -2.14. The molecule has 1 aliphatic heterocycles. The number of carbonyl (C=O) groups excluding carboxylic acids is 1. The molecule has 20 heavy (non-hydrogen) atoms. The standard InChI is InChI=1S/C12H18BrN3O4/c1-2-19-12(18)9-10(13)15-16-5-3-8(14-4-6-17)7-20-11(9)16/h8,14,17H,2-7H2,1H3. The first kappa shape index (κ1) is 15.3. The molecular weight excluding hydrogens is 330 g/mol. The van der Waals surface area contributed by atoms with Crippen LogP contribution in [0.2, 0.25) is 0 Å². The SMILES string of the molecule is CCOC(=O)c1c(Br)nn2c1OCC(NCCO)CC2. The average molecular weight is 348 g/mol. The fourth-order valence-corrected chi connectivity index (χ4v) is 2.59. The van der Waals surface area contributed by atoms with Gasteiger partial charge in [-0.05, 0) is 29.3 Å². The van der Waals surface area contributed by atoms with Crippen molar-refractivity contribution in [1.82, 2.24) is 15.1 Å². The maximum absolute atomic E-state index is 11.9. The Balaban J connectivity index is 2.14. The van der Waals surface area contributed by atoms with Gasteiger partial charge >= 0.3 is 5.97 Å². The predicted octanol–water partition coefficient (Wildman–Crippen LogP) is 0.555. The van der Waals surface area contributed by atoms with Gasteiger partial charge in [0.15, 0.2) is 5.56 Å². The van der Waals surface area contributed by atoms with Crippen molar-refractivity contribution in [2.24, 2.45) is 0 Å². The first-order valence-corrected chi connectivity index (χ1v) is 7.37. The molecule has 0 saturated heterocycles. The summed E-state index contributed by atoms with van der Waals surface area (Å²) in [5, 5.41) is 16.3. The van der Waals surface area contributed by atoms with Crippen LogP contribution < -0.4 is 10.1 Å². The Hall–Kier alpha value is -1.12. The number of nitrogens with one attached hydrogen (secondary N) is 1. The van der Waals surface area contributed by atoms with Gasteiger partial charge in [0.1, 0.15) is 11.2 Å². The van der Waals surface area contributed by atoms with Crippen molar-refractivity contribution in [3.8, 4) is 5.88 Å². The van der Waals surface area contributed by atoms with Crippen molar-refractivity contribution in [2.45, 2.75) is 25.9 Å². The zero-order valence-corrected chi connectivity index (χ0v) is 12.9. The summed E-state index contributed by atoms with van der Waals surface area (Å²) >= 11 is 3.27. The second kappa shape index (κ2) is 7.05. The number of hydrogen-bond donors (Lipinski definition) is 2. The Kier molecular flexibility index (Phi) is 5.38. The summed E-state index contributed by atoms with van der Waals surface area (Å²) in [5.74, 6) is -0.00832. The summed E-state index contributed by atoms with van der Waals surface area (Å²) in [7, 11) is 0. The van der Waals surface area contributed by atoms with Gasteiger partial charge in [-0.25, -0.2) is 9.48 Å². The lowest BCUT2D eigenvalue weighted by Crippen LogP contribution is -2.36. The average Bonchev–Trinajstić information content (AvgIpc) is 2.61. The van der Waals surface area contributed by atoms with E-state index in [4.69, 9.17) is 14.6 Å². The van der Waals surface area contributed by atoms with Crippen LogP contribution in [0.25, 0.3) is 0 Å². The number of halogens is 1. The second-order valence-electron chi connectivity index (χ2n) is 4.39. The van der Waals surface area contributed by atoms with Gasteiger partial charge in [-0.3, -0.25) is 0 Å². The highest BCUT2D eigenvalue weighted by atomic mass is 79.9. The number of hydrogen-bond acceptors (Lipinski definition) is 6. The number of aliphatic hydroxyl groups is 1. The number of carbonyl (C=O) groups is 1. The normalized spacial score (nSPS) is 18.1. The van der Waals surface area contributed by atoms with Crippen LogP contribution in [0.1, 0.15) is 23.7 Å². The number of nitrogens with zero attached hydrogens (tertiary/aromatic N) is 2. The van der Waals surface area contributed by atoms with Crippen LogP contribution in [0.5, 0.6) is 5.88 Å². The number of aryl methyl sites for hydroxylation is 1. The van der Waals surface area contributed by atoms with Crippen molar-refractivity contribution in [3.63, 3.8) is 0 Å². The van der Waals surface area contributed by atoms with Crippen molar-refractivity contribution >= 4 is 21.9 Å². The molecule has 112 valence electrons. The summed E-state index contributed by atoms with van der Waals surface area (Å²) in [6.45, 7) is 3.71. The van der Waals surface area contributed by atoms with Gasteiger partial charge in [0, 0.05) is 19.1 Å². The molecule has 2 heterocycles. The number of fused-ring (bicyclic) bond motifs is 1. The molecule has 0 aromatic carbocycles. The van der Waals surface area contributed by atoms with Crippen LogP contribution in [0.3, 0.4) is 0 Å². The van der Waals surface area contributed by atoms with Gasteiger partial charge in [0.25, 0.3) is 0 Å². The molecule has 0 radical (unpaired) electrons. The van der Waals surface area contributed by atoms with Gasteiger partial charge in [0.05, 0.1) is 13.2 Å². The fraction of sp³-hybridized carbons (Fsp3) is 0.667. The minimum Gasteiger partial charge on any atom is -0.476 e. The molecule has 1 unspecified atom stereocenters. The maximum Gasteiger partial charge on any atom is 0.346 e. The zero-order valence-electron chi connectivity index (χ0n) is 11.3. The summed E-state index contributed by atoms with van der Waals surface area (Å²) < 4.78 is 12.8. The van der Waals surface area contributed by atoms with Gasteiger partial charge in [-0.1, -0.05) is 0 Å². The highest BCUT2D eigenvalue weighted by Gasteiger charge is 2.28. The molecule has 1 aromatic heterocycles.